The molecule has 1 aromatic carbocycles. The highest BCUT2D eigenvalue weighted by molar-refractivity contribution is 7.07. The predicted octanol–water partition coefficient (Wildman–Crippen LogP) is 2.66. The maximum Gasteiger partial charge on any atom is 0.346 e. The first-order valence-electron chi connectivity index (χ1n) is 6.92. The maximum atomic E-state index is 12.1. The van der Waals surface area contributed by atoms with Crippen LogP contribution in [0.4, 0.5) is 4.79 Å². The van der Waals surface area contributed by atoms with E-state index < -0.39 is 0 Å². The number of amides is 2. The molecular weight excluding hydrogens is 286 g/mol. The van der Waals surface area contributed by atoms with E-state index in [0.717, 1.165) is 37.4 Å². The van der Waals surface area contributed by atoms with E-state index in [1.807, 2.05) is 40.4 Å². The predicted molar refractivity (Wildman–Crippen MR) is 82.0 cm³/mol. The van der Waals surface area contributed by atoms with Crippen LogP contribution in [0.15, 0.2) is 40.8 Å². The van der Waals surface area contributed by atoms with Gasteiger partial charge in [-0.2, -0.15) is 4.99 Å². The Morgan fingerprint density at radius 3 is 2.90 bits per heavy atom. The number of hydrogen-bond donors (Lipinski definition) is 0. The van der Waals surface area contributed by atoms with Crippen LogP contribution < -0.4 is 9.54 Å². The van der Waals surface area contributed by atoms with Gasteiger partial charge in [-0.1, -0.05) is 6.07 Å². The zero-order chi connectivity index (χ0) is 14.7. The monoisotopic (exact) mass is 303 g/mol. The summed E-state index contributed by atoms with van der Waals surface area (Å²) >= 11 is 1.45. The molecule has 1 aliphatic heterocycles. The number of likely N-dealkylation sites (tertiary alicyclic amines) is 1. The minimum Gasteiger partial charge on any atom is -0.497 e. The number of urea groups is 1. The molecule has 0 N–H and O–H groups in total. The van der Waals surface area contributed by atoms with Crippen molar-refractivity contribution in [1.29, 1.82) is 0 Å². The number of carbonyl (C=O) groups excluding carboxylic acids is 1. The highest BCUT2D eigenvalue weighted by Gasteiger charge is 2.17. The average molecular weight is 303 g/mol. The van der Waals surface area contributed by atoms with Crippen molar-refractivity contribution in [1.82, 2.24) is 9.47 Å². The van der Waals surface area contributed by atoms with Gasteiger partial charge in [0, 0.05) is 30.7 Å². The van der Waals surface area contributed by atoms with Gasteiger partial charge < -0.3 is 9.64 Å². The second-order valence-corrected chi connectivity index (χ2v) is 5.72. The number of hydrogen-bond acceptors (Lipinski definition) is 3. The summed E-state index contributed by atoms with van der Waals surface area (Å²) in [6, 6.07) is 7.56. The number of thiazole rings is 1. The van der Waals surface area contributed by atoms with E-state index in [2.05, 4.69) is 4.99 Å². The number of rotatable bonds is 2. The molecule has 0 unspecified atom stereocenters. The van der Waals surface area contributed by atoms with Crippen molar-refractivity contribution < 1.29 is 9.53 Å². The Labute approximate surface area is 127 Å². The van der Waals surface area contributed by atoms with Crippen LogP contribution in [0.1, 0.15) is 12.8 Å². The van der Waals surface area contributed by atoms with Crippen LogP contribution in [0.25, 0.3) is 5.69 Å². The molecule has 2 aromatic rings. The fraction of sp³-hybridized carbons (Fsp3) is 0.333. The standard InChI is InChI=1S/C15H17N3O2S/c1-20-13-6-4-5-12(11-13)18-9-10-21-15(18)16-14(19)17-7-2-3-8-17/h4-6,9-11H,2-3,7-8H2,1H3/b16-15-. The summed E-state index contributed by atoms with van der Waals surface area (Å²) in [5.41, 5.74) is 0.934. The molecule has 1 fully saturated rings. The molecule has 5 nitrogen and oxygen atoms in total. The third-order valence-corrected chi connectivity index (χ3v) is 4.25. The Balaban J connectivity index is 1.94. The van der Waals surface area contributed by atoms with Gasteiger partial charge in [-0.3, -0.25) is 4.57 Å². The molecular formula is C15H17N3O2S. The van der Waals surface area contributed by atoms with Crippen LogP contribution in [0, 0.1) is 0 Å². The van der Waals surface area contributed by atoms with Gasteiger partial charge in [0.15, 0.2) is 4.80 Å². The Kier molecular flexibility index (Phi) is 4.06. The molecule has 0 saturated carbocycles. The summed E-state index contributed by atoms with van der Waals surface area (Å²) in [4.78, 5) is 18.9. The maximum absolute atomic E-state index is 12.1. The minimum absolute atomic E-state index is 0.147. The van der Waals surface area contributed by atoms with E-state index in [9.17, 15) is 4.79 Å². The number of methoxy groups -OCH3 is 1. The van der Waals surface area contributed by atoms with Gasteiger partial charge in [-0.05, 0) is 25.0 Å². The molecule has 0 spiro atoms. The third-order valence-electron chi connectivity index (χ3n) is 3.49. The minimum atomic E-state index is -0.147. The zero-order valence-electron chi connectivity index (χ0n) is 11.9. The van der Waals surface area contributed by atoms with Gasteiger partial charge in [-0.25, -0.2) is 4.79 Å². The zero-order valence-corrected chi connectivity index (χ0v) is 12.7. The van der Waals surface area contributed by atoms with Gasteiger partial charge in [0.2, 0.25) is 0 Å². The van der Waals surface area contributed by atoms with Crippen molar-refractivity contribution in [2.75, 3.05) is 20.2 Å². The molecule has 2 amide bonds. The average Bonchev–Trinajstić information content (AvgIpc) is 3.18. The lowest BCUT2D eigenvalue weighted by Gasteiger charge is -2.10. The number of ether oxygens (including phenoxy) is 1. The van der Waals surface area contributed by atoms with Crippen LogP contribution in [0.2, 0.25) is 0 Å². The molecule has 1 aromatic heterocycles. The number of aromatic nitrogens is 1. The first-order chi connectivity index (χ1) is 10.3. The lowest BCUT2D eigenvalue weighted by Crippen LogP contribution is -2.27. The van der Waals surface area contributed by atoms with Gasteiger partial charge >= 0.3 is 6.03 Å². The number of benzene rings is 1. The summed E-state index contributed by atoms with van der Waals surface area (Å²) in [5.74, 6) is 0.781. The van der Waals surface area contributed by atoms with Gasteiger partial charge in [0.1, 0.15) is 5.75 Å². The molecule has 110 valence electrons. The largest absolute Gasteiger partial charge is 0.497 e. The fourth-order valence-electron chi connectivity index (χ4n) is 2.37. The van der Waals surface area contributed by atoms with Crippen LogP contribution >= 0.6 is 11.3 Å². The van der Waals surface area contributed by atoms with Crippen molar-refractivity contribution in [3.8, 4) is 11.4 Å². The van der Waals surface area contributed by atoms with Crippen LogP contribution in [-0.4, -0.2) is 35.7 Å². The van der Waals surface area contributed by atoms with Crippen molar-refractivity contribution in [2.45, 2.75) is 12.8 Å². The van der Waals surface area contributed by atoms with Crippen molar-refractivity contribution in [3.63, 3.8) is 0 Å². The summed E-state index contributed by atoms with van der Waals surface area (Å²) < 4.78 is 7.14. The molecule has 21 heavy (non-hydrogen) atoms. The van der Waals surface area contributed by atoms with Crippen LogP contribution in [-0.2, 0) is 0 Å². The molecule has 0 radical (unpaired) electrons. The Morgan fingerprint density at radius 2 is 2.14 bits per heavy atom. The van der Waals surface area contributed by atoms with Crippen LogP contribution in [0.5, 0.6) is 5.75 Å². The number of nitrogens with zero attached hydrogens (tertiary/aromatic N) is 3. The molecule has 3 rings (SSSR count). The topological polar surface area (TPSA) is 46.8 Å². The molecule has 2 heterocycles. The van der Waals surface area contributed by atoms with Gasteiger partial charge in [-0.15, -0.1) is 11.3 Å². The Bertz CT molecular complexity index is 699. The SMILES string of the molecule is COc1cccc(-n2ccs/c2=N\C(=O)N2CCCC2)c1. The lowest BCUT2D eigenvalue weighted by molar-refractivity contribution is 0.218. The summed E-state index contributed by atoms with van der Waals surface area (Å²) in [6.07, 6.45) is 4.05. The van der Waals surface area contributed by atoms with E-state index in [0.29, 0.717) is 4.80 Å². The van der Waals surface area contributed by atoms with Gasteiger partial charge in [0.05, 0.1) is 12.8 Å². The van der Waals surface area contributed by atoms with E-state index >= 15 is 0 Å². The first-order valence-corrected chi connectivity index (χ1v) is 7.80. The molecule has 1 saturated heterocycles. The molecule has 0 aliphatic carbocycles. The first kappa shape index (κ1) is 13.9. The molecule has 6 heteroatoms. The summed E-state index contributed by atoms with van der Waals surface area (Å²) in [6.45, 7) is 1.62. The Morgan fingerprint density at radius 1 is 1.33 bits per heavy atom. The van der Waals surface area contributed by atoms with Crippen LogP contribution in [0.3, 0.4) is 0 Å². The normalized spacial score (nSPS) is 15.5. The quantitative estimate of drug-likeness (QED) is 0.856. The van der Waals surface area contributed by atoms with E-state index in [1.54, 1.807) is 12.0 Å². The molecule has 0 bridgehead atoms. The third kappa shape index (κ3) is 3.00. The van der Waals surface area contributed by atoms with E-state index in [4.69, 9.17) is 4.74 Å². The highest BCUT2D eigenvalue weighted by atomic mass is 32.1. The van der Waals surface area contributed by atoms with E-state index in [-0.39, 0.29) is 6.03 Å². The van der Waals surface area contributed by atoms with Crippen molar-refractivity contribution in [3.05, 3.63) is 40.6 Å². The fourth-order valence-corrected chi connectivity index (χ4v) is 3.09. The summed E-state index contributed by atoms with van der Waals surface area (Å²) in [5, 5.41) is 1.93. The molecule has 1 aliphatic rings. The highest BCUT2D eigenvalue weighted by Crippen LogP contribution is 2.15. The smallest absolute Gasteiger partial charge is 0.346 e. The Hall–Kier alpha value is -2.08. The number of carbonyl (C=O) groups is 1. The van der Waals surface area contributed by atoms with Crippen molar-refractivity contribution >= 4 is 17.4 Å². The second-order valence-electron chi connectivity index (χ2n) is 4.85. The van der Waals surface area contributed by atoms with E-state index in [1.165, 1.54) is 11.3 Å². The summed E-state index contributed by atoms with van der Waals surface area (Å²) in [7, 11) is 1.64. The van der Waals surface area contributed by atoms with Crippen molar-refractivity contribution in [2.24, 2.45) is 4.99 Å². The van der Waals surface area contributed by atoms with Gasteiger partial charge in [0.25, 0.3) is 0 Å². The molecule has 0 atom stereocenters. The lowest BCUT2D eigenvalue weighted by atomic mass is 10.3. The second kappa shape index (κ2) is 6.13.